The summed E-state index contributed by atoms with van der Waals surface area (Å²) in [5.41, 5.74) is -0.214. The van der Waals surface area contributed by atoms with E-state index in [1.54, 1.807) is 6.07 Å². The van der Waals surface area contributed by atoms with Gasteiger partial charge in [-0.1, -0.05) is 18.2 Å². The van der Waals surface area contributed by atoms with E-state index in [2.05, 4.69) is 0 Å². The number of nitrogens with zero attached hydrogens (tertiary/aromatic N) is 1. The Hall–Kier alpha value is -1.03. The van der Waals surface area contributed by atoms with Crippen LogP contribution in [0.2, 0.25) is 0 Å². The minimum absolute atomic E-state index is 0.223. The Bertz CT molecular complexity index is 344. The summed E-state index contributed by atoms with van der Waals surface area (Å²) < 4.78 is 38.0. The van der Waals surface area contributed by atoms with Crippen molar-refractivity contribution < 1.29 is 13.2 Å². The Kier molecular flexibility index (Phi) is 3.97. The summed E-state index contributed by atoms with van der Waals surface area (Å²) in [4.78, 5) is 1.88. The largest absolute Gasteiger partial charge is 0.416 e. The van der Waals surface area contributed by atoms with E-state index in [-0.39, 0.29) is 6.04 Å². The van der Waals surface area contributed by atoms with Gasteiger partial charge in [-0.15, -0.1) is 0 Å². The molecule has 16 heavy (non-hydrogen) atoms. The smallest absolute Gasteiger partial charge is 0.300 e. The van der Waals surface area contributed by atoms with E-state index in [4.69, 9.17) is 0 Å². The van der Waals surface area contributed by atoms with Gasteiger partial charge >= 0.3 is 6.18 Å². The van der Waals surface area contributed by atoms with Crippen LogP contribution < -0.4 is 0 Å². The zero-order valence-corrected chi connectivity index (χ0v) is 9.67. The van der Waals surface area contributed by atoms with Crippen molar-refractivity contribution in [1.29, 1.82) is 0 Å². The number of alkyl halides is 3. The molecule has 1 aromatic carbocycles. The molecule has 0 unspecified atom stereocenters. The second-order valence-corrected chi connectivity index (χ2v) is 4.16. The molecule has 0 atom stereocenters. The van der Waals surface area contributed by atoms with Gasteiger partial charge in [-0.3, -0.25) is 4.90 Å². The van der Waals surface area contributed by atoms with E-state index >= 15 is 0 Å². The second kappa shape index (κ2) is 4.87. The van der Waals surface area contributed by atoms with Crippen LogP contribution >= 0.6 is 0 Å². The summed E-state index contributed by atoms with van der Waals surface area (Å²) in [5.74, 6) is 0. The van der Waals surface area contributed by atoms with Crippen molar-refractivity contribution in [2.75, 3.05) is 7.05 Å². The molecule has 0 aliphatic carbocycles. The minimum atomic E-state index is -4.27. The third-order valence-electron chi connectivity index (χ3n) is 2.62. The van der Waals surface area contributed by atoms with Crippen molar-refractivity contribution in [2.24, 2.45) is 0 Å². The van der Waals surface area contributed by atoms with Crippen LogP contribution in [0.15, 0.2) is 24.3 Å². The second-order valence-electron chi connectivity index (χ2n) is 4.16. The van der Waals surface area contributed by atoms with Crippen molar-refractivity contribution >= 4 is 0 Å². The predicted molar refractivity (Wildman–Crippen MR) is 58.0 cm³/mol. The minimum Gasteiger partial charge on any atom is -0.300 e. The van der Waals surface area contributed by atoms with Gasteiger partial charge in [0.1, 0.15) is 0 Å². The molecular weight excluding hydrogens is 215 g/mol. The van der Waals surface area contributed by atoms with E-state index in [9.17, 15) is 13.2 Å². The fourth-order valence-electron chi connectivity index (χ4n) is 1.39. The number of hydrogen-bond donors (Lipinski definition) is 0. The first-order chi connectivity index (χ1) is 7.32. The van der Waals surface area contributed by atoms with Crippen molar-refractivity contribution in [2.45, 2.75) is 32.6 Å². The standard InChI is InChI=1S/C12H16F3N/c1-9(2)16(3)8-10-6-4-5-7-11(10)12(13,14)15/h4-7,9H,8H2,1-3H3. The van der Waals surface area contributed by atoms with E-state index in [1.807, 2.05) is 25.8 Å². The number of hydrogen-bond acceptors (Lipinski definition) is 1. The van der Waals surface area contributed by atoms with Crippen LogP contribution in [-0.4, -0.2) is 18.0 Å². The Balaban J connectivity index is 2.96. The van der Waals surface area contributed by atoms with Crippen molar-refractivity contribution in [3.8, 4) is 0 Å². The van der Waals surface area contributed by atoms with Gasteiger partial charge in [0.25, 0.3) is 0 Å². The Morgan fingerprint density at radius 3 is 2.25 bits per heavy atom. The molecule has 0 fully saturated rings. The van der Waals surface area contributed by atoms with E-state index < -0.39 is 11.7 Å². The quantitative estimate of drug-likeness (QED) is 0.769. The molecule has 0 aliphatic heterocycles. The Labute approximate surface area is 93.9 Å². The Morgan fingerprint density at radius 1 is 1.19 bits per heavy atom. The lowest BCUT2D eigenvalue weighted by molar-refractivity contribution is -0.138. The first kappa shape index (κ1) is 13.0. The third kappa shape index (κ3) is 3.23. The summed E-state index contributed by atoms with van der Waals surface area (Å²) in [6.45, 7) is 4.22. The summed E-state index contributed by atoms with van der Waals surface area (Å²) in [5, 5.41) is 0. The first-order valence-electron chi connectivity index (χ1n) is 5.17. The summed E-state index contributed by atoms with van der Waals surface area (Å²) >= 11 is 0. The maximum Gasteiger partial charge on any atom is 0.416 e. The monoisotopic (exact) mass is 231 g/mol. The topological polar surface area (TPSA) is 3.24 Å². The van der Waals surface area contributed by atoms with Crippen LogP contribution in [0.3, 0.4) is 0 Å². The zero-order valence-electron chi connectivity index (χ0n) is 9.67. The summed E-state index contributed by atoms with van der Waals surface area (Å²) in [6.07, 6.45) is -4.27. The number of rotatable bonds is 3. The fraction of sp³-hybridized carbons (Fsp3) is 0.500. The van der Waals surface area contributed by atoms with Crippen LogP contribution in [-0.2, 0) is 12.7 Å². The average molecular weight is 231 g/mol. The molecule has 0 bridgehead atoms. The maximum atomic E-state index is 12.7. The molecule has 0 spiro atoms. The normalized spacial score (nSPS) is 12.5. The molecule has 0 radical (unpaired) electrons. The summed E-state index contributed by atoms with van der Waals surface area (Å²) in [7, 11) is 1.82. The van der Waals surface area contributed by atoms with E-state index in [0.29, 0.717) is 12.1 Å². The first-order valence-corrected chi connectivity index (χ1v) is 5.17. The highest BCUT2D eigenvalue weighted by atomic mass is 19.4. The number of benzene rings is 1. The maximum absolute atomic E-state index is 12.7. The van der Waals surface area contributed by atoms with E-state index in [1.165, 1.54) is 12.1 Å². The average Bonchev–Trinajstić information content (AvgIpc) is 2.16. The lowest BCUT2D eigenvalue weighted by atomic mass is 10.1. The van der Waals surface area contributed by atoms with Gasteiger partial charge in [0.2, 0.25) is 0 Å². The highest BCUT2D eigenvalue weighted by molar-refractivity contribution is 5.29. The van der Waals surface area contributed by atoms with Gasteiger partial charge in [-0.2, -0.15) is 13.2 Å². The van der Waals surface area contributed by atoms with Gasteiger partial charge in [-0.05, 0) is 32.5 Å². The predicted octanol–water partition coefficient (Wildman–Crippen LogP) is 3.55. The van der Waals surface area contributed by atoms with Crippen molar-refractivity contribution in [1.82, 2.24) is 4.90 Å². The molecule has 1 rings (SSSR count). The van der Waals surface area contributed by atoms with Gasteiger partial charge in [0.15, 0.2) is 0 Å². The number of halogens is 3. The molecule has 0 amide bonds. The molecule has 0 aromatic heterocycles. The van der Waals surface area contributed by atoms with Crippen LogP contribution in [0.4, 0.5) is 13.2 Å². The van der Waals surface area contributed by atoms with Crippen molar-refractivity contribution in [3.05, 3.63) is 35.4 Å². The molecular formula is C12H16F3N. The van der Waals surface area contributed by atoms with Crippen LogP contribution in [0.5, 0.6) is 0 Å². The Morgan fingerprint density at radius 2 is 1.75 bits per heavy atom. The van der Waals surface area contributed by atoms with E-state index in [0.717, 1.165) is 6.07 Å². The van der Waals surface area contributed by atoms with Gasteiger partial charge in [0.05, 0.1) is 5.56 Å². The van der Waals surface area contributed by atoms with Crippen LogP contribution in [0.25, 0.3) is 0 Å². The molecule has 1 nitrogen and oxygen atoms in total. The van der Waals surface area contributed by atoms with Gasteiger partial charge in [0, 0.05) is 12.6 Å². The SMILES string of the molecule is CC(C)N(C)Cc1ccccc1C(F)(F)F. The molecule has 90 valence electrons. The van der Waals surface area contributed by atoms with Crippen LogP contribution in [0, 0.1) is 0 Å². The lowest BCUT2D eigenvalue weighted by Crippen LogP contribution is -2.26. The lowest BCUT2D eigenvalue weighted by Gasteiger charge is -2.23. The van der Waals surface area contributed by atoms with Gasteiger partial charge in [-0.25, -0.2) is 0 Å². The highest BCUT2D eigenvalue weighted by Crippen LogP contribution is 2.32. The molecule has 0 heterocycles. The molecule has 0 N–H and O–H groups in total. The fourth-order valence-corrected chi connectivity index (χ4v) is 1.39. The molecule has 0 saturated carbocycles. The summed E-state index contributed by atoms with van der Waals surface area (Å²) in [6, 6.07) is 5.94. The zero-order chi connectivity index (χ0) is 12.3. The van der Waals surface area contributed by atoms with Gasteiger partial charge < -0.3 is 0 Å². The molecule has 0 aliphatic rings. The molecule has 4 heteroatoms. The van der Waals surface area contributed by atoms with Crippen LogP contribution in [0.1, 0.15) is 25.0 Å². The van der Waals surface area contributed by atoms with Crippen molar-refractivity contribution in [3.63, 3.8) is 0 Å². The highest BCUT2D eigenvalue weighted by Gasteiger charge is 2.33. The molecule has 1 aromatic rings. The molecule has 0 saturated heterocycles. The third-order valence-corrected chi connectivity index (χ3v) is 2.62.